The van der Waals surface area contributed by atoms with Crippen LogP contribution in [0.25, 0.3) is 0 Å². The highest BCUT2D eigenvalue weighted by Gasteiger charge is 2.35. The van der Waals surface area contributed by atoms with Gasteiger partial charge in [-0.2, -0.15) is 0 Å². The molecule has 3 nitrogen and oxygen atoms in total. The summed E-state index contributed by atoms with van der Waals surface area (Å²) in [5.74, 6) is 0.512. The molecule has 0 radical (unpaired) electrons. The molecule has 1 aromatic rings. The standard InChI is InChI=1S/C14H22N2OS/c1-4-11(5-2)14(17)16(13-6-7-13)8-12-9-18-10(3)15-12/h9,11,13H,4-8H2,1-3H3. The van der Waals surface area contributed by atoms with Gasteiger partial charge < -0.3 is 4.90 Å². The molecule has 1 aliphatic carbocycles. The molecule has 0 N–H and O–H groups in total. The molecule has 0 aliphatic heterocycles. The van der Waals surface area contributed by atoms with Gasteiger partial charge >= 0.3 is 0 Å². The van der Waals surface area contributed by atoms with Gasteiger partial charge in [0.2, 0.25) is 5.91 Å². The number of aromatic nitrogens is 1. The molecule has 1 aliphatic rings. The molecule has 0 bridgehead atoms. The van der Waals surface area contributed by atoms with E-state index >= 15 is 0 Å². The predicted molar refractivity (Wildman–Crippen MR) is 74.5 cm³/mol. The Hall–Kier alpha value is -0.900. The van der Waals surface area contributed by atoms with Gasteiger partial charge in [0, 0.05) is 17.3 Å². The van der Waals surface area contributed by atoms with Gasteiger partial charge in [0.25, 0.3) is 0 Å². The zero-order chi connectivity index (χ0) is 13.1. The van der Waals surface area contributed by atoms with Crippen LogP contribution >= 0.6 is 11.3 Å². The van der Waals surface area contributed by atoms with Crippen LogP contribution < -0.4 is 0 Å². The van der Waals surface area contributed by atoms with Crippen molar-refractivity contribution < 1.29 is 4.79 Å². The van der Waals surface area contributed by atoms with Crippen LogP contribution in [-0.4, -0.2) is 21.8 Å². The summed E-state index contributed by atoms with van der Waals surface area (Å²) in [6.07, 6.45) is 4.20. The Morgan fingerprint density at radius 1 is 1.50 bits per heavy atom. The van der Waals surface area contributed by atoms with Crippen molar-refractivity contribution in [1.29, 1.82) is 0 Å². The quantitative estimate of drug-likeness (QED) is 0.791. The molecule has 1 heterocycles. The third kappa shape index (κ3) is 3.10. The molecule has 0 unspecified atom stereocenters. The summed E-state index contributed by atoms with van der Waals surface area (Å²) < 4.78 is 0. The monoisotopic (exact) mass is 266 g/mol. The molecule has 2 rings (SSSR count). The maximum atomic E-state index is 12.5. The molecule has 0 spiro atoms. The number of carbonyl (C=O) groups excluding carboxylic acids is 1. The Balaban J connectivity index is 2.06. The van der Waals surface area contributed by atoms with Crippen molar-refractivity contribution in [2.75, 3.05) is 0 Å². The average Bonchev–Trinajstić information content (AvgIpc) is 3.11. The summed E-state index contributed by atoms with van der Waals surface area (Å²) in [4.78, 5) is 19.0. The first-order valence-corrected chi connectivity index (χ1v) is 7.75. The fourth-order valence-electron chi connectivity index (χ4n) is 2.30. The fourth-order valence-corrected chi connectivity index (χ4v) is 2.90. The Labute approximate surface area is 113 Å². The van der Waals surface area contributed by atoms with E-state index in [1.54, 1.807) is 11.3 Å². The molecule has 4 heteroatoms. The van der Waals surface area contributed by atoms with E-state index in [9.17, 15) is 4.79 Å². The van der Waals surface area contributed by atoms with Crippen molar-refractivity contribution in [2.45, 2.75) is 59.0 Å². The van der Waals surface area contributed by atoms with E-state index in [1.807, 2.05) is 6.92 Å². The topological polar surface area (TPSA) is 33.2 Å². The number of hydrogen-bond acceptors (Lipinski definition) is 3. The molecule has 1 fully saturated rings. The lowest BCUT2D eigenvalue weighted by Gasteiger charge is -2.25. The van der Waals surface area contributed by atoms with E-state index < -0.39 is 0 Å². The summed E-state index contributed by atoms with van der Waals surface area (Å²) >= 11 is 1.66. The summed E-state index contributed by atoms with van der Waals surface area (Å²) in [5.41, 5.74) is 1.05. The van der Waals surface area contributed by atoms with Crippen LogP contribution in [0.5, 0.6) is 0 Å². The van der Waals surface area contributed by atoms with Gasteiger partial charge in [0.1, 0.15) is 0 Å². The van der Waals surface area contributed by atoms with Gasteiger partial charge in [-0.05, 0) is 32.6 Å². The largest absolute Gasteiger partial charge is 0.334 e. The third-order valence-electron chi connectivity index (χ3n) is 3.60. The summed E-state index contributed by atoms with van der Waals surface area (Å²) in [5, 5.41) is 3.15. The van der Waals surface area contributed by atoms with E-state index in [1.165, 1.54) is 0 Å². The Morgan fingerprint density at radius 2 is 2.17 bits per heavy atom. The SMILES string of the molecule is CCC(CC)C(=O)N(Cc1csc(C)n1)C1CC1. The molecule has 1 saturated carbocycles. The van der Waals surface area contributed by atoms with Gasteiger partial charge in [-0.25, -0.2) is 4.98 Å². The van der Waals surface area contributed by atoms with Crippen molar-refractivity contribution in [2.24, 2.45) is 5.92 Å². The zero-order valence-electron chi connectivity index (χ0n) is 11.5. The van der Waals surface area contributed by atoms with E-state index in [2.05, 4.69) is 29.1 Å². The molecule has 1 aromatic heterocycles. The van der Waals surface area contributed by atoms with Crippen molar-refractivity contribution in [3.63, 3.8) is 0 Å². The zero-order valence-corrected chi connectivity index (χ0v) is 12.3. The van der Waals surface area contributed by atoms with Crippen LogP contribution in [0.4, 0.5) is 0 Å². The first kappa shape index (κ1) is 13.5. The Morgan fingerprint density at radius 3 is 2.61 bits per heavy atom. The maximum absolute atomic E-state index is 12.5. The van der Waals surface area contributed by atoms with Crippen LogP contribution in [0.3, 0.4) is 0 Å². The number of carbonyl (C=O) groups is 1. The highest BCUT2D eigenvalue weighted by molar-refractivity contribution is 7.09. The second-order valence-electron chi connectivity index (χ2n) is 5.07. The molecule has 0 atom stereocenters. The van der Waals surface area contributed by atoms with Crippen LogP contribution in [0, 0.1) is 12.8 Å². The second kappa shape index (κ2) is 5.83. The lowest BCUT2D eigenvalue weighted by Crippen LogP contribution is -2.37. The average molecular weight is 266 g/mol. The van der Waals surface area contributed by atoms with Crippen LogP contribution in [0.15, 0.2) is 5.38 Å². The summed E-state index contributed by atoms with van der Waals surface area (Å²) in [6, 6.07) is 0.472. The van der Waals surface area contributed by atoms with Gasteiger partial charge in [0.15, 0.2) is 0 Å². The lowest BCUT2D eigenvalue weighted by atomic mass is 10.0. The van der Waals surface area contributed by atoms with Gasteiger partial charge in [-0.3, -0.25) is 4.79 Å². The number of amides is 1. The normalized spacial score (nSPS) is 15.1. The highest BCUT2D eigenvalue weighted by Crippen LogP contribution is 2.30. The Kier molecular flexibility index (Phi) is 4.38. The van der Waals surface area contributed by atoms with Gasteiger partial charge in [0.05, 0.1) is 17.2 Å². The predicted octanol–water partition coefficient (Wildman–Crippen LogP) is 3.38. The summed E-state index contributed by atoms with van der Waals surface area (Å²) in [6.45, 7) is 6.91. The number of thiazole rings is 1. The van der Waals surface area contributed by atoms with Gasteiger partial charge in [-0.1, -0.05) is 13.8 Å². The van der Waals surface area contributed by atoms with Crippen molar-refractivity contribution in [3.8, 4) is 0 Å². The van der Waals surface area contributed by atoms with Crippen molar-refractivity contribution in [3.05, 3.63) is 16.1 Å². The Bertz CT molecular complexity index is 408. The maximum Gasteiger partial charge on any atom is 0.226 e. The van der Waals surface area contributed by atoms with E-state index in [-0.39, 0.29) is 5.92 Å². The second-order valence-corrected chi connectivity index (χ2v) is 6.13. The molecule has 100 valence electrons. The minimum Gasteiger partial charge on any atom is -0.334 e. The number of aryl methyl sites for hydroxylation is 1. The minimum absolute atomic E-state index is 0.185. The number of hydrogen-bond donors (Lipinski definition) is 0. The van der Waals surface area contributed by atoms with Crippen LogP contribution in [-0.2, 0) is 11.3 Å². The molecule has 0 saturated heterocycles. The molecule has 0 aromatic carbocycles. The first-order chi connectivity index (χ1) is 8.65. The molecule has 18 heavy (non-hydrogen) atoms. The van der Waals surface area contributed by atoms with E-state index in [4.69, 9.17) is 0 Å². The first-order valence-electron chi connectivity index (χ1n) is 6.87. The summed E-state index contributed by atoms with van der Waals surface area (Å²) in [7, 11) is 0. The van der Waals surface area contributed by atoms with Crippen LogP contribution in [0.1, 0.15) is 50.2 Å². The van der Waals surface area contributed by atoms with Gasteiger partial charge in [-0.15, -0.1) is 11.3 Å². The van der Waals surface area contributed by atoms with E-state index in [0.717, 1.165) is 36.4 Å². The fraction of sp³-hybridized carbons (Fsp3) is 0.714. The third-order valence-corrected chi connectivity index (χ3v) is 4.43. The number of nitrogens with zero attached hydrogens (tertiary/aromatic N) is 2. The molecular weight excluding hydrogens is 244 g/mol. The number of rotatable bonds is 6. The van der Waals surface area contributed by atoms with Crippen molar-refractivity contribution >= 4 is 17.2 Å². The van der Waals surface area contributed by atoms with Crippen molar-refractivity contribution in [1.82, 2.24) is 9.88 Å². The highest BCUT2D eigenvalue weighted by atomic mass is 32.1. The lowest BCUT2D eigenvalue weighted by molar-refractivity contribution is -0.137. The molecule has 1 amide bonds. The molecular formula is C14H22N2OS. The van der Waals surface area contributed by atoms with E-state index in [0.29, 0.717) is 18.5 Å². The van der Waals surface area contributed by atoms with Crippen LogP contribution in [0.2, 0.25) is 0 Å². The minimum atomic E-state index is 0.185. The smallest absolute Gasteiger partial charge is 0.226 e.